The normalized spacial score (nSPS) is 18.4. The second-order valence-electron chi connectivity index (χ2n) is 8.32. The van der Waals surface area contributed by atoms with E-state index in [-0.39, 0.29) is 11.3 Å². The van der Waals surface area contributed by atoms with Crippen molar-refractivity contribution in [3.8, 4) is 11.5 Å². The Kier molecular flexibility index (Phi) is 6.55. The van der Waals surface area contributed by atoms with Crippen LogP contribution in [0.5, 0.6) is 11.5 Å². The van der Waals surface area contributed by atoms with E-state index < -0.39 is 30.6 Å². The number of ether oxygens (including phenoxy) is 3. The molecule has 0 spiro atoms. The van der Waals surface area contributed by atoms with Crippen LogP contribution >= 0.6 is 8.46 Å². The summed E-state index contributed by atoms with van der Waals surface area (Å²) in [5.74, 6) is -0.203. The number of methoxy groups -OCH3 is 2. The lowest BCUT2D eigenvalue weighted by Gasteiger charge is -2.40. The Hall–Kier alpha value is -1.94. The Morgan fingerprint density at radius 3 is 1.89 bits per heavy atom. The van der Waals surface area contributed by atoms with Gasteiger partial charge in [0, 0.05) is 0 Å². The summed E-state index contributed by atoms with van der Waals surface area (Å²) in [7, 11) is 2.52. The van der Waals surface area contributed by atoms with Crippen molar-refractivity contribution in [3.05, 3.63) is 23.8 Å². The summed E-state index contributed by atoms with van der Waals surface area (Å²) >= 11 is 0. The monoisotopic (exact) mass is 408 g/mol. The molecule has 1 aliphatic rings. The van der Waals surface area contributed by atoms with Gasteiger partial charge in [-0.05, 0) is 52.7 Å². The summed E-state index contributed by atoms with van der Waals surface area (Å²) in [6.45, 7) is 6.80. The number of benzene rings is 1. The van der Waals surface area contributed by atoms with Crippen molar-refractivity contribution in [1.29, 1.82) is 0 Å². The summed E-state index contributed by atoms with van der Waals surface area (Å²) in [6, 6.07) is 5.09. The van der Waals surface area contributed by atoms with Gasteiger partial charge in [0.1, 0.15) is 22.7 Å². The van der Waals surface area contributed by atoms with Gasteiger partial charge in [-0.3, -0.25) is 14.2 Å². The van der Waals surface area contributed by atoms with Crippen LogP contribution in [0, 0.1) is 5.41 Å². The van der Waals surface area contributed by atoms with Gasteiger partial charge in [-0.2, -0.15) is 0 Å². The van der Waals surface area contributed by atoms with Gasteiger partial charge in [-0.25, -0.2) is 0 Å². The van der Waals surface area contributed by atoms with Crippen molar-refractivity contribution in [3.63, 3.8) is 0 Å². The molecule has 0 amide bonds. The Morgan fingerprint density at radius 1 is 1.00 bits per heavy atom. The number of Topliss-reactive ketones (excluding diaryl/α,β-unsaturated/α-hetero) is 1. The molecule has 0 saturated heterocycles. The molecule has 1 aliphatic carbocycles. The fraction of sp³-hybridized carbons (Fsp3) is 0.619. The first kappa shape index (κ1) is 22.4. The van der Waals surface area contributed by atoms with Gasteiger partial charge in [0.15, 0.2) is 19.4 Å². The molecule has 0 aromatic heterocycles. The average Bonchev–Trinajstić information content (AvgIpc) is 3.16. The molecule has 7 heteroatoms. The SMILES string of the molecule is COc1cccc(OC)c1C(=O)C1(C(C)(P=O)C(=O)OC(C)(C)C)CCCC1. The topological polar surface area (TPSA) is 78.9 Å². The summed E-state index contributed by atoms with van der Waals surface area (Å²) < 4.78 is 28.7. The van der Waals surface area contributed by atoms with Gasteiger partial charge in [0.2, 0.25) is 0 Å². The Labute approximate surface area is 168 Å². The van der Waals surface area contributed by atoms with E-state index in [2.05, 4.69) is 0 Å². The smallest absolute Gasteiger partial charge is 0.325 e. The van der Waals surface area contributed by atoms with Crippen LogP contribution in [0.4, 0.5) is 0 Å². The number of carbonyl (C=O) groups excluding carboxylic acids is 2. The first-order valence-corrected chi connectivity index (χ1v) is 10.2. The zero-order valence-electron chi connectivity index (χ0n) is 17.5. The Morgan fingerprint density at radius 2 is 1.50 bits per heavy atom. The maximum atomic E-state index is 13.9. The standard InChI is InChI=1S/C21H29O6P/c1-19(2,3)27-18(23)20(4,28-24)21(12-7-8-13-21)17(22)16-14(25-5)10-9-11-15(16)26-6/h9-11H,7-8,12-13H2,1-6H3. The fourth-order valence-electron chi connectivity index (χ4n) is 3.93. The van der Waals surface area contributed by atoms with Crippen LogP contribution in [-0.4, -0.2) is 36.7 Å². The van der Waals surface area contributed by atoms with E-state index >= 15 is 0 Å². The molecule has 6 nitrogen and oxygen atoms in total. The van der Waals surface area contributed by atoms with Crippen LogP contribution in [0.3, 0.4) is 0 Å². The maximum Gasteiger partial charge on any atom is 0.325 e. The van der Waals surface area contributed by atoms with Gasteiger partial charge >= 0.3 is 5.97 Å². The highest BCUT2D eigenvalue weighted by atomic mass is 31.1. The highest BCUT2D eigenvalue weighted by Crippen LogP contribution is 2.56. The van der Waals surface area contributed by atoms with Crippen LogP contribution < -0.4 is 9.47 Å². The molecular formula is C21H29O6P. The zero-order valence-corrected chi connectivity index (χ0v) is 18.4. The van der Waals surface area contributed by atoms with E-state index in [1.807, 2.05) is 0 Å². The predicted octanol–water partition coefficient (Wildman–Crippen LogP) is 4.84. The minimum Gasteiger partial charge on any atom is -0.496 e. The van der Waals surface area contributed by atoms with Crippen molar-refractivity contribution >= 4 is 20.2 Å². The van der Waals surface area contributed by atoms with E-state index in [4.69, 9.17) is 14.2 Å². The molecular weight excluding hydrogens is 379 g/mol. The third kappa shape index (κ3) is 3.80. The fourth-order valence-corrected chi connectivity index (χ4v) is 4.55. The lowest BCUT2D eigenvalue weighted by atomic mass is 9.68. The number of hydrogen-bond donors (Lipinski definition) is 0. The molecule has 1 aromatic carbocycles. The summed E-state index contributed by atoms with van der Waals surface area (Å²) in [6.07, 6.45) is 2.41. The van der Waals surface area contributed by atoms with Gasteiger partial charge < -0.3 is 14.2 Å². The van der Waals surface area contributed by atoms with Crippen LogP contribution in [0.2, 0.25) is 0 Å². The second-order valence-corrected chi connectivity index (χ2v) is 9.40. The van der Waals surface area contributed by atoms with Gasteiger partial charge in [0.05, 0.1) is 19.6 Å². The molecule has 0 heterocycles. The molecule has 1 atom stereocenters. The van der Waals surface area contributed by atoms with E-state index in [1.54, 1.807) is 45.9 Å². The number of rotatable bonds is 7. The predicted molar refractivity (Wildman–Crippen MR) is 107 cm³/mol. The van der Waals surface area contributed by atoms with E-state index in [1.165, 1.54) is 14.2 Å². The minimum atomic E-state index is -1.51. The van der Waals surface area contributed by atoms with Gasteiger partial charge in [-0.1, -0.05) is 18.9 Å². The summed E-state index contributed by atoms with van der Waals surface area (Å²) in [5, 5.41) is -1.51. The minimum absolute atomic E-state index is 0.271. The van der Waals surface area contributed by atoms with Crippen molar-refractivity contribution in [1.82, 2.24) is 0 Å². The first-order valence-electron chi connectivity index (χ1n) is 9.40. The average molecular weight is 408 g/mol. The second kappa shape index (κ2) is 8.20. The van der Waals surface area contributed by atoms with E-state index in [0.29, 0.717) is 24.3 Å². The Bertz CT molecular complexity index is 738. The molecule has 154 valence electrons. The van der Waals surface area contributed by atoms with Crippen LogP contribution in [0.25, 0.3) is 0 Å². The zero-order chi connectivity index (χ0) is 21.2. The largest absolute Gasteiger partial charge is 0.496 e. The summed E-state index contributed by atoms with van der Waals surface area (Å²) in [5.41, 5.74) is -1.65. The lowest BCUT2D eigenvalue weighted by molar-refractivity contribution is -0.160. The number of esters is 1. The van der Waals surface area contributed by atoms with Crippen molar-refractivity contribution in [2.45, 2.75) is 64.1 Å². The molecule has 0 bridgehead atoms. The molecule has 1 unspecified atom stereocenters. The van der Waals surface area contributed by atoms with Crippen molar-refractivity contribution < 1.29 is 28.4 Å². The molecule has 2 rings (SSSR count). The van der Waals surface area contributed by atoms with E-state index in [0.717, 1.165) is 12.8 Å². The van der Waals surface area contributed by atoms with Crippen molar-refractivity contribution in [2.24, 2.45) is 5.41 Å². The highest BCUT2D eigenvalue weighted by Gasteiger charge is 2.62. The molecule has 0 radical (unpaired) electrons. The highest BCUT2D eigenvalue weighted by molar-refractivity contribution is 7.28. The maximum absolute atomic E-state index is 13.9. The van der Waals surface area contributed by atoms with E-state index in [9.17, 15) is 14.2 Å². The Balaban J connectivity index is 2.65. The third-order valence-electron chi connectivity index (χ3n) is 5.46. The van der Waals surface area contributed by atoms with Crippen LogP contribution in [0.15, 0.2) is 18.2 Å². The lowest BCUT2D eigenvalue weighted by Crippen LogP contribution is -2.53. The van der Waals surface area contributed by atoms with Crippen molar-refractivity contribution in [2.75, 3.05) is 14.2 Å². The molecule has 0 aliphatic heterocycles. The molecule has 1 fully saturated rings. The van der Waals surface area contributed by atoms with Crippen LogP contribution in [-0.2, 0) is 14.1 Å². The summed E-state index contributed by atoms with van der Waals surface area (Å²) in [4.78, 5) is 27.0. The molecule has 28 heavy (non-hydrogen) atoms. The van der Waals surface area contributed by atoms with Crippen LogP contribution in [0.1, 0.15) is 63.7 Å². The number of hydrogen-bond acceptors (Lipinski definition) is 6. The van der Waals surface area contributed by atoms with Gasteiger partial charge in [-0.15, -0.1) is 0 Å². The quantitative estimate of drug-likeness (QED) is 0.365. The molecule has 1 aromatic rings. The molecule has 0 N–H and O–H groups in total. The van der Waals surface area contributed by atoms with Gasteiger partial charge in [0.25, 0.3) is 0 Å². The first-order chi connectivity index (χ1) is 13.1. The third-order valence-corrected chi connectivity index (χ3v) is 6.43. The molecule has 1 saturated carbocycles. The number of carbonyl (C=O) groups is 2. The number of ketones is 1.